The van der Waals surface area contributed by atoms with E-state index in [-0.39, 0.29) is 11.9 Å². The Morgan fingerprint density at radius 1 is 1.35 bits per heavy atom. The molecule has 0 saturated carbocycles. The fourth-order valence-corrected chi connectivity index (χ4v) is 3.09. The van der Waals surface area contributed by atoms with Crippen LogP contribution in [-0.2, 0) is 11.8 Å². The zero-order valence-corrected chi connectivity index (χ0v) is 15.1. The van der Waals surface area contributed by atoms with Gasteiger partial charge in [-0.2, -0.15) is 0 Å². The summed E-state index contributed by atoms with van der Waals surface area (Å²) in [6, 6.07) is 7.65. The Labute approximate surface area is 145 Å². The summed E-state index contributed by atoms with van der Waals surface area (Å²) in [5, 5.41) is 12.7. The van der Waals surface area contributed by atoms with E-state index in [1.165, 1.54) is 11.8 Å². The van der Waals surface area contributed by atoms with Crippen molar-refractivity contribution in [2.75, 3.05) is 5.75 Å². The average molecular weight is 353 g/mol. The monoisotopic (exact) mass is 352 g/mol. The molecule has 0 aliphatic carbocycles. The summed E-state index contributed by atoms with van der Waals surface area (Å²) < 4.78 is 1.89. The number of halogens is 1. The Hall–Kier alpha value is -1.53. The Balaban J connectivity index is 1.97. The number of nitrogens with zero attached hydrogens (tertiary/aromatic N) is 3. The van der Waals surface area contributed by atoms with Crippen LogP contribution in [0, 0.1) is 0 Å². The molecule has 0 radical (unpaired) electrons. The fraction of sp³-hybridized carbons (Fsp3) is 0.438. The van der Waals surface area contributed by atoms with Crippen molar-refractivity contribution in [3.63, 3.8) is 0 Å². The summed E-state index contributed by atoms with van der Waals surface area (Å²) in [6.45, 7) is 4.13. The van der Waals surface area contributed by atoms with E-state index in [2.05, 4.69) is 22.4 Å². The van der Waals surface area contributed by atoms with Gasteiger partial charge in [-0.15, -0.1) is 10.2 Å². The lowest BCUT2D eigenvalue weighted by molar-refractivity contribution is -0.119. The Kier molecular flexibility index (Phi) is 6.47. The Bertz CT molecular complexity index is 657. The smallest absolute Gasteiger partial charge is 0.230 e. The van der Waals surface area contributed by atoms with E-state index in [1.807, 2.05) is 42.8 Å². The quantitative estimate of drug-likeness (QED) is 0.774. The molecule has 1 amide bonds. The van der Waals surface area contributed by atoms with Gasteiger partial charge in [0.2, 0.25) is 5.91 Å². The summed E-state index contributed by atoms with van der Waals surface area (Å²) in [7, 11) is 1.89. The second kappa shape index (κ2) is 8.36. The van der Waals surface area contributed by atoms with E-state index >= 15 is 0 Å². The minimum absolute atomic E-state index is 0.0204. The van der Waals surface area contributed by atoms with Crippen molar-refractivity contribution in [1.29, 1.82) is 0 Å². The zero-order valence-electron chi connectivity index (χ0n) is 13.5. The van der Waals surface area contributed by atoms with Crippen LogP contribution in [0.3, 0.4) is 0 Å². The number of nitrogens with one attached hydrogen (secondary N) is 1. The van der Waals surface area contributed by atoms with E-state index in [0.29, 0.717) is 15.9 Å². The zero-order chi connectivity index (χ0) is 16.8. The molecular weight excluding hydrogens is 332 g/mol. The van der Waals surface area contributed by atoms with Crippen molar-refractivity contribution < 1.29 is 4.79 Å². The van der Waals surface area contributed by atoms with Crippen LogP contribution in [0.25, 0.3) is 11.4 Å². The highest BCUT2D eigenvalue weighted by Crippen LogP contribution is 2.23. The predicted molar refractivity (Wildman–Crippen MR) is 94.7 cm³/mol. The van der Waals surface area contributed by atoms with Gasteiger partial charge in [0.25, 0.3) is 0 Å². The molecule has 0 saturated heterocycles. The first-order chi connectivity index (χ1) is 11.0. The maximum atomic E-state index is 11.9. The van der Waals surface area contributed by atoms with Crippen molar-refractivity contribution >= 4 is 29.3 Å². The third-order valence-corrected chi connectivity index (χ3v) is 4.67. The maximum absolute atomic E-state index is 11.9. The normalized spacial score (nSPS) is 12.2. The molecule has 2 rings (SSSR count). The van der Waals surface area contributed by atoms with Crippen LogP contribution < -0.4 is 5.32 Å². The molecule has 1 aromatic heterocycles. The van der Waals surface area contributed by atoms with E-state index < -0.39 is 0 Å². The van der Waals surface area contributed by atoms with E-state index in [9.17, 15) is 4.79 Å². The highest BCUT2D eigenvalue weighted by molar-refractivity contribution is 7.99. The van der Waals surface area contributed by atoms with Crippen LogP contribution in [0.15, 0.2) is 29.4 Å². The van der Waals surface area contributed by atoms with Gasteiger partial charge in [-0.3, -0.25) is 4.79 Å². The summed E-state index contributed by atoms with van der Waals surface area (Å²) in [5.41, 5.74) is 0.942. The van der Waals surface area contributed by atoms with Crippen LogP contribution in [0.1, 0.15) is 26.7 Å². The molecule has 124 valence electrons. The summed E-state index contributed by atoms with van der Waals surface area (Å²) in [4.78, 5) is 11.9. The van der Waals surface area contributed by atoms with Crippen LogP contribution >= 0.6 is 23.4 Å². The average Bonchev–Trinajstić information content (AvgIpc) is 2.87. The van der Waals surface area contributed by atoms with Crippen molar-refractivity contribution in [2.45, 2.75) is 37.9 Å². The molecule has 23 heavy (non-hydrogen) atoms. The van der Waals surface area contributed by atoms with Gasteiger partial charge in [-0.25, -0.2) is 0 Å². The summed E-state index contributed by atoms with van der Waals surface area (Å²) in [6.07, 6.45) is 2.05. The lowest BCUT2D eigenvalue weighted by Crippen LogP contribution is -2.33. The molecule has 0 aliphatic rings. The number of aromatic nitrogens is 3. The minimum Gasteiger partial charge on any atom is -0.353 e. The van der Waals surface area contributed by atoms with Crippen molar-refractivity contribution in [3.05, 3.63) is 29.3 Å². The predicted octanol–water partition coefficient (Wildman–Crippen LogP) is 3.53. The summed E-state index contributed by atoms with van der Waals surface area (Å²) >= 11 is 7.29. The minimum atomic E-state index is 0.0204. The molecule has 5 nitrogen and oxygen atoms in total. The van der Waals surface area contributed by atoms with Gasteiger partial charge in [0, 0.05) is 23.7 Å². The molecule has 1 heterocycles. The molecule has 0 unspecified atom stereocenters. The number of hydrogen-bond acceptors (Lipinski definition) is 4. The number of carbonyl (C=O) groups is 1. The second-order valence-corrected chi connectivity index (χ2v) is 6.80. The lowest BCUT2D eigenvalue weighted by Gasteiger charge is -2.12. The first-order valence-electron chi connectivity index (χ1n) is 7.58. The first-order valence-corrected chi connectivity index (χ1v) is 8.95. The number of rotatable bonds is 7. The van der Waals surface area contributed by atoms with Gasteiger partial charge in [-0.05, 0) is 37.6 Å². The molecular formula is C16H21ClN4OS. The van der Waals surface area contributed by atoms with Crippen LogP contribution in [0.4, 0.5) is 0 Å². The second-order valence-electron chi connectivity index (χ2n) is 5.42. The SMILES string of the molecule is CCC[C@H](C)NC(=O)CSc1nnc(-c2ccc(Cl)cc2)n1C. The molecule has 0 aliphatic heterocycles. The van der Waals surface area contributed by atoms with Crippen molar-refractivity contribution in [2.24, 2.45) is 7.05 Å². The maximum Gasteiger partial charge on any atom is 0.230 e. The Morgan fingerprint density at radius 3 is 2.70 bits per heavy atom. The standard InChI is InChI=1S/C16H21ClN4OS/c1-4-5-11(2)18-14(22)10-23-16-20-19-15(21(16)3)12-6-8-13(17)9-7-12/h6-9,11H,4-5,10H2,1-3H3,(H,18,22)/t11-/m0/s1. The van der Waals surface area contributed by atoms with Crippen molar-refractivity contribution in [1.82, 2.24) is 20.1 Å². The van der Waals surface area contributed by atoms with Gasteiger partial charge in [0.1, 0.15) is 0 Å². The van der Waals surface area contributed by atoms with E-state index in [0.717, 1.165) is 24.2 Å². The molecule has 1 atom stereocenters. The number of benzene rings is 1. The number of hydrogen-bond donors (Lipinski definition) is 1. The molecule has 0 bridgehead atoms. The molecule has 0 fully saturated rings. The molecule has 1 N–H and O–H groups in total. The van der Waals surface area contributed by atoms with Gasteiger partial charge >= 0.3 is 0 Å². The van der Waals surface area contributed by atoms with Crippen molar-refractivity contribution in [3.8, 4) is 11.4 Å². The number of carbonyl (C=O) groups excluding carboxylic acids is 1. The fourth-order valence-electron chi connectivity index (χ4n) is 2.24. The lowest BCUT2D eigenvalue weighted by atomic mass is 10.2. The van der Waals surface area contributed by atoms with Crippen LogP contribution in [0.2, 0.25) is 5.02 Å². The number of thioether (sulfide) groups is 1. The Morgan fingerprint density at radius 2 is 2.04 bits per heavy atom. The molecule has 0 spiro atoms. The van der Waals surface area contributed by atoms with Crippen LogP contribution in [-0.4, -0.2) is 32.5 Å². The summed E-state index contributed by atoms with van der Waals surface area (Å²) in [5.74, 6) is 1.11. The molecule has 1 aromatic carbocycles. The first kappa shape index (κ1) is 17.8. The topological polar surface area (TPSA) is 59.8 Å². The molecule has 7 heteroatoms. The third kappa shape index (κ3) is 4.97. The highest BCUT2D eigenvalue weighted by atomic mass is 35.5. The van der Waals surface area contributed by atoms with E-state index in [4.69, 9.17) is 11.6 Å². The van der Waals surface area contributed by atoms with Gasteiger partial charge in [-0.1, -0.05) is 36.7 Å². The van der Waals surface area contributed by atoms with Crippen LogP contribution in [0.5, 0.6) is 0 Å². The van der Waals surface area contributed by atoms with Gasteiger partial charge < -0.3 is 9.88 Å². The van der Waals surface area contributed by atoms with Gasteiger partial charge in [0.05, 0.1) is 5.75 Å². The number of amides is 1. The third-order valence-electron chi connectivity index (χ3n) is 3.40. The molecule has 2 aromatic rings. The largest absolute Gasteiger partial charge is 0.353 e. The van der Waals surface area contributed by atoms with E-state index in [1.54, 1.807) is 0 Å². The van der Waals surface area contributed by atoms with Gasteiger partial charge in [0.15, 0.2) is 11.0 Å². The highest BCUT2D eigenvalue weighted by Gasteiger charge is 2.13.